The number of aromatic nitrogens is 2. The molecule has 2 saturated heterocycles. The standard InChI is InChI=1S/C23H23N3O4/c1-27-19-12-24-13-20(25-19)28-14-23-15-29-21(17-8-4-2-5-9-17)26(23)22(30-16-23)18-10-6-3-7-11-18/h2-13,21-22H,14-16H2,1H3/t21-,22+,23?. The van der Waals surface area contributed by atoms with Gasteiger partial charge in [-0.1, -0.05) is 60.7 Å². The lowest BCUT2D eigenvalue weighted by Gasteiger charge is -2.33. The Morgan fingerprint density at radius 2 is 1.47 bits per heavy atom. The summed E-state index contributed by atoms with van der Waals surface area (Å²) in [5.41, 5.74) is 1.74. The second kappa shape index (κ2) is 8.02. The minimum atomic E-state index is -0.439. The fourth-order valence-electron chi connectivity index (χ4n) is 4.05. The first-order valence-electron chi connectivity index (χ1n) is 9.89. The van der Waals surface area contributed by atoms with Crippen LogP contribution in [-0.4, -0.2) is 47.3 Å². The van der Waals surface area contributed by atoms with Crippen LogP contribution < -0.4 is 9.47 Å². The van der Waals surface area contributed by atoms with Crippen LogP contribution in [0.2, 0.25) is 0 Å². The molecule has 2 aliphatic rings. The molecule has 3 aromatic rings. The number of fused-ring (bicyclic) bond motifs is 1. The molecule has 154 valence electrons. The Bertz CT molecular complexity index is 935. The summed E-state index contributed by atoms with van der Waals surface area (Å²) < 4.78 is 23.8. The summed E-state index contributed by atoms with van der Waals surface area (Å²) in [5, 5.41) is 0. The summed E-state index contributed by atoms with van der Waals surface area (Å²) in [6.07, 6.45) is 2.68. The van der Waals surface area contributed by atoms with Crippen molar-refractivity contribution in [3.8, 4) is 11.8 Å². The summed E-state index contributed by atoms with van der Waals surface area (Å²) in [6, 6.07) is 20.4. The van der Waals surface area contributed by atoms with Crippen LogP contribution in [0.1, 0.15) is 23.6 Å². The molecule has 0 amide bonds. The van der Waals surface area contributed by atoms with Gasteiger partial charge >= 0.3 is 0 Å². The highest BCUT2D eigenvalue weighted by Gasteiger charge is 2.57. The van der Waals surface area contributed by atoms with Crippen LogP contribution in [-0.2, 0) is 9.47 Å². The van der Waals surface area contributed by atoms with E-state index in [4.69, 9.17) is 18.9 Å². The van der Waals surface area contributed by atoms with E-state index in [1.54, 1.807) is 19.5 Å². The molecule has 7 heteroatoms. The Morgan fingerprint density at radius 1 is 0.900 bits per heavy atom. The van der Waals surface area contributed by atoms with Crippen molar-refractivity contribution in [2.45, 2.75) is 18.0 Å². The molecule has 5 rings (SSSR count). The van der Waals surface area contributed by atoms with Gasteiger partial charge in [-0.05, 0) is 11.1 Å². The zero-order valence-corrected chi connectivity index (χ0v) is 16.7. The molecule has 2 fully saturated rings. The van der Waals surface area contributed by atoms with Crippen LogP contribution in [0.15, 0.2) is 73.1 Å². The topological polar surface area (TPSA) is 65.9 Å². The van der Waals surface area contributed by atoms with Gasteiger partial charge in [0.05, 0.1) is 32.7 Å². The van der Waals surface area contributed by atoms with Gasteiger partial charge in [-0.3, -0.25) is 4.98 Å². The van der Waals surface area contributed by atoms with Crippen LogP contribution in [0, 0.1) is 0 Å². The molecule has 0 aliphatic carbocycles. The van der Waals surface area contributed by atoms with Crippen molar-refractivity contribution in [1.82, 2.24) is 14.9 Å². The molecule has 3 heterocycles. The SMILES string of the molecule is COc1cncc(OCC23CO[C@H](c4ccccc4)N2[C@H](c2ccccc2)OC3)n1. The van der Waals surface area contributed by atoms with Gasteiger partial charge < -0.3 is 18.9 Å². The number of methoxy groups -OCH3 is 1. The molecule has 1 unspecified atom stereocenters. The highest BCUT2D eigenvalue weighted by Crippen LogP contribution is 2.49. The van der Waals surface area contributed by atoms with Gasteiger partial charge in [0.1, 0.15) is 24.6 Å². The Morgan fingerprint density at radius 3 is 2.03 bits per heavy atom. The van der Waals surface area contributed by atoms with E-state index in [9.17, 15) is 0 Å². The molecule has 2 aromatic carbocycles. The summed E-state index contributed by atoms with van der Waals surface area (Å²) in [5.74, 6) is 0.825. The van der Waals surface area contributed by atoms with E-state index in [0.717, 1.165) is 11.1 Å². The Kier molecular flexibility index (Phi) is 5.08. The molecule has 0 spiro atoms. The molecule has 1 aromatic heterocycles. The highest BCUT2D eigenvalue weighted by atomic mass is 16.6. The number of nitrogens with zero attached hydrogens (tertiary/aromatic N) is 3. The van der Waals surface area contributed by atoms with E-state index in [1.165, 1.54) is 0 Å². The average molecular weight is 405 g/mol. The second-order valence-electron chi connectivity index (χ2n) is 7.47. The quantitative estimate of drug-likeness (QED) is 0.623. The lowest BCUT2D eigenvalue weighted by atomic mass is 10.0. The first kappa shape index (κ1) is 19.0. The Labute approximate surface area is 175 Å². The van der Waals surface area contributed by atoms with E-state index in [2.05, 4.69) is 39.1 Å². The lowest BCUT2D eigenvalue weighted by molar-refractivity contribution is -0.0628. The van der Waals surface area contributed by atoms with Crippen molar-refractivity contribution >= 4 is 0 Å². The summed E-state index contributed by atoms with van der Waals surface area (Å²) in [6.45, 7) is 1.35. The minimum absolute atomic E-state index is 0.223. The maximum Gasteiger partial charge on any atom is 0.235 e. The van der Waals surface area contributed by atoms with E-state index in [1.807, 2.05) is 36.4 Å². The normalized spacial score (nSPS) is 25.8. The van der Waals surface area contributed by atoms with Crippen molar-refractivity contribution in [2.75, 3.05) is 26.9 Å². The highest BCUT2D eigenvalue weighted by molar-refractivity contribution is 5.25. The molecule has 0 saturated carbocycles. The van der Waals surface area contributed by atoms with Crippen molar-refractivity contribution in [3.05, 3.63) is 84.2 Å². The molecule has 2 aliphatic heterocycles. The van der Waals surface area contributed by atoms with Crippen molar-refractivity contribution < 1.29 is 18.9 Å². The molecule has 0 radical (unpaired) electrons. The van der Waals surface area contributed by atoms with Gasteiger partial charge in [0, 0.05) is 0 Å². The zero-order valence-electron chi connectivity index (χ0n) is 16.7. The van der Waals surface area contributed by atoms with Crippen molar-refractivity contribution in [2.24, 2.45) is 0 Å². The first-order chi connectivity index (χ1) is 14.8. The fourth-order valence-corrected chi connectivity index (χ4v) is 4.05. The third-order valence-electron chi connectivity index (χ3n) is 5.53. The molecule has 0 bridgehead atoms. The van der Waals surface area contributed by atoms with Crippen LogP contribution in [0.3, 0.4) is 0 Å². The van der Waals surface area contributed by atoms with Gasteiger partial charge in [0.15, 0.2) is 0 Å². The predicted octanol–water partition coefficient (Wildman–Crippen LogP) is 3.36. The monoisotopic (exact) mass is 405 g/mol. The number of rotatable bonds is 6. The van der Waals surface area contributed by atoms with Crippen molar-refractivity contribution in [1.29, 1.82) is 0 Å². The molecule has 7 nitrogen and oxygen atoms in total. The molecule has 3 atom stereocenters. The van der Waals surface area contributed by atoms with Crippen LogP contribution in [0.5, 0.6) is 11.8 Å². The second-order valence-corrected chi connectivity index (χ2v) is 7.47. The van der Waals surface area contributed by atoms with E-state index < -0.39 is 5.54 Å². The van der Waals surface area contributed by atoms with Gasteiger partial charge in [-0.2, -0.15) is 4.98 Å². The van der Waals surface area contributed by atoms with Crippen LogP contribution in [0.25, 0.3) is 0 Å². The van der Waals surface area contributed by atoms with Gasteiger partial charge in [-0.15, -0.1) is 0 Å². The first-order valence-corrected chi connectivity index (χ1v) is 9.89. The summed E-state index contributed by atoms with van der Waals surface area (Å²) in [7, 11) is 1.55. The third-order valence-corrected chi connectivity index (χ3v) is 5.53. The maximum absolute atomic E-state index is 6.30. The van der Waals surface area contributed by atoms with E-state index >= 15 is 0 Å². The molecular formula is C23H23N3O4. The van der Waals surface area contributed by atoms with Crippen molar-refractivity contribution in [3.63, 3.8) is 0 Å². The van der Waals surface area contributed by atoms with Gasteiger partial charge in [0.2, 0.25) is 11.8 Å². The predicted molar refractivity (Wildman–Crippen MR) is 109 cm³/mol. The van der Waals surface area contributed by atoms with Gasteiger partial charge in [-0.25, -0.2) is 4.90 Å². The number of hydrogen-bond donors (Lipinski definition) is 0. The van der Waals surface area contributed by atoms with Gasteiger partial charge in [0.25, 0.3) is 0 Å². The number of hydrogen-bond acceptors (Lipinski definition) is 7. The Balaban J connectivity index is 1.45. The molecule has 0 N–H and O–H groups in total. The average Bonchev–Trinajstić information content (AvgIpc) is 3.36. The van der Waals surface area contributed by atoms with E-state index in [-0.39, 0.29) is 12.5 Å². The van der Waals surface area contributed by atoms with Crippen LogP contribution in [0.4, 0.5) is 0 Å². The number of benzene rings is 2. The summed E-state index contributed by atoms with van der Waals surface area (Å²) in [4.78, 5) is 10.7. The van der Waals surface area contributed by atoms with Crippen LogP contribution >= 0.6 is 0 Å². The number of ether oxygens (including phenoxy) is 4. The minimum Gasteiger partial charge on any atom is -0.480 e. The smallest absolute Gasteiger partial charge is 0.235 e. The molecular weight excluding hydrogens is 382 g/mol. The zero-order chi connectivity index (χ0) is 20.4. The molecule has 30 heavy (non-hydrogen) atoms. The lowest BCUT2D eigenvalue weighted by Crippen LogP contribution is -2.49. The largest absolute Gasteiger partial charge is 0.480 e. The fraction of sp³-hybridized carbons (Fsp3) is 0.304. The Hall–Kier alpha value is -3.00. The summed E-state index contributed by atoms with van der Waals surface area (Å²) >= 11 is 0. The maximum atomic E-state index is 6.30. The third kappa shape index (κ3) is 3.41. The van der Waals surface area contributed by atoms with E-state index in [0.29, 0.717) is 31.6 Å².